The highest BCUT2D eigenvalue weighted by Crippen LogP contribution is 2.32. The summed E-state index contributed by atoms with van der Waals surface area (Å²) in [6.07, 6.45) is 1.75. The Morgan fingerprint density at radius 3 is 2.73 bits per heavy atom. The van der Waals surface area contributed by atoms with Crippen LogP contribution in [0.4, 0.5) is 0 Å². The summed E-state index contributed by atoms with van der Waals surface area (Å²) in [4.78, 5) is 19.5. The highest BCUT2D eigenvalue weighted by molar-refractivity contribution is 6.00. The number of rotatable bonds is 2. The van der Waals surface area contributed by atoms with Gasteiger partial charge >= 0.3 is 0 Å². The molecule has 1 aromatic carbocycles. The molecule has 3 heterocycles. The van der Waals surface area contributed by atoms with E-state index in [-0.39, 0.29) is 11.7 Å². The number of likely N-dealkylation sites (N-methyl/N-ethyl adjacent to an activating group) is 1. The molecule has 0 radical (unpaired) electrons. The number of ether oxygens (including phenoxy) is 1. The number of aryl methyl sites for hydroxylation is 1. The smallest absolute Gasteiger partial charge is 0.192 e. The highest BCUT2D eigenvalue weighted by Gasteiger charge is 2.39. The van der Waals surface area contributed by atoms with E-state index >= 15 is 0 Å². The maximum Gasteiger partial charge on any atom is 0.192 e. The molecule has 2 atom stereocenters. The number of carbonyl (C=O) groups is 1. The van der Waals surface area contributed by atoms with Crippen LogP contribution in [0.1, 0.15) is 29.1 Å². The van der Waals surface area contributed by atoms with Gasteiger partial charge in [0, 0.05) is 30.5 Å². The number of fused-ring (bicyclic) bond motifs is 3. The van der Waals surface area contributed by atoms with Gasteiger partial charge in [0.25, 0.3) is 0 Å². The van der Waals surface area contributed by atoms with Gasteiger partial charge in [-0.3, -0.25) is 9.69 Å². The van der Waals surface area contributed by atoms with E-state index in [2.05, 4.69) is 16.9 Å². The zero-order valence-electron chi connectivity index (χ0n) is 12.9. The molecule has 2 aliphatic rings. The van der Waals surface area contributed by atoms with Crippen molar-refractivity contribution in [3.05, 3.63) is 29.7 Å². The van der Waals surface area contributed by atoms with E-state index in [0.717, 1.165) is 37.1 Å². The lowest BCUT2D eigenvalue weighted by Crippen LogP contribution is -2.55. The molecule has 2 unspecified atom stereocenters. The van der Waals surface area contributed by atoms with Crippen molar-refractivity contribution in [2.24, 2.45) is 5.92 Å². The molecule has 1 aromatic heterocycles. The standard InChI is InChI=1S/C17H20N2O3/c1-10-18-15-4-3-11(7-16(15)22-10)17(20)12-5-13-8-21-9-14(6-12)19(13)2/h3-4,7,12-14H,5-6,8-9H2,1-2H3. The van der Waals surface area contributed by atoms with Gasteiger partial charge in [0.15, 0.2) is 17.3 Å². The minimum atomic E-state index is 0.0802. The Morgan fingerprint density at radius 1 is 1.27 bits per heavy atom. The summed E-state index contributed by atoms with van der Waals surface area (Å²) in [5.41, 5.74) is 2.24. The molecule has 2 saturated heterocycles. The summed E-state index contributed by atoms with van der Waals surface area (Å²) in [6, 6.07) is 6.30. The number of oxazole rings is 1. The van der Waals surface area contributed by atoms with E-state index in [1.54, 1.807) is 0 Å². The van der Waals surface area contributed by atoms with Crippen molar-refractivity contribution >= 4 is 16.9 Å². The minimum Gasteiger partial charge on any atom is -0.441 e. The SMILES string of the molecule is Cc1nc2ccc(C(=O)C3CC4COCC(C3)N4C)cc2o1. The molecule has 0 amide bonds. The van der Waals surface area contributed by atoms with Crippen molar-refractivity contribution in [2.75, 3.05) is 20.3 Å². The average Bonchev–Trinajstić information content (AvgIpc) is 2.85. The van der Waals surface area contributed by atoms with Crippen LogP contribution in [0.2, 0.25) is 0 Å². The number of carbonyl (C=O) groups excluding carboxylic acids is 1. The van der Waals surface area contributed by atoms with E-state index in [1.807, 2.05) is 25.1 Å². The van der Waals surface area contributed by atoms with Crippen LogP contribution in [-0.2, 0) is 4.74 Å². The fraction of sp³-hybridized carbons (Fsp3) is 0.529. The summed E-state index contributed by atoms with van der Waals surface area (Å²) in [5.74, 6) is 0.933. The largest absolute Gasteiger partial charge is 0.441 e. The molecule has 2 bridgehead atoms. The fourth-order valence-electron chi connectivity index (χ4n) is 3.74. The second kappa shape index (κ2) is 5.18. The topological polar surface area (TPSA) is 55.6 Å². The molecule has 0 saturated carbocycles. The Morgan fingerprint density at radius 2 is 2.00 bits per heavy atom. The first-order chi connectivity index (χ1) is 10.6. The number of nitrogens with zero attached hydrogens (tertiary/aromatic N) is 2. The summed E-state index contributed by atoms with van der Waals surface area (Å²) in [5, 5.41) is 0. The lowest BCUT2D eigenvalue weighted by molar-refractivity contribution is -0.0702. The van der Waals surface area contributed by atoms with Crippen LogP contribution in [0.3, 0.4) is 0 Å². The average molecular weight is 300 g/mol. The molecular weight excluding hydrogens is 280 g/mol. The van der Waals surface area contributed by atoms with E-state index in [0.29, 0.717) is 23.6 Å². The third-order valence-electron chi connectivity index (χ3n) is 5.04. The predicted octanol–water partition coefficient (Wildman–Crippen LogP) is 2.43. The summed E-state index contributed by atoms with van der Waals surface area (Å²) < 4.78 is 11.2. The lowest BCUT2D eigenvalue weighted by Gasteiger charge is -2.46. The quantitative estimate of drug-likeness (QED) is 0.797. The van der Waals surface area contributed by atoms with Gasteiger partial charge in [-0.05, 0) is 38.1 Å². The highest BCUT2D eigenvalue weighted by atomic mass is 16.5. The maximum absolute atomic E-state index is 12.9. The first-order valence-electron chi connectivity index (χ1n) is 7.83. The Hall–Kier alpha value is -1.72. The molecule has 2 fully saturated rings. The number of hydrogen-bond acceptors (Lipinski definition) is 5. The Bertz CT molecular complexity index is 710. The third kappa shape index (κ3) is 2.25. The van der Waals surface area contributed by atoms with Crippen LogP contribution >= 0.6 is 0 Å². The number of morpholine rings is 1. The zero-order valence-corrected chi connectivity index (χ0v) is 12.9. The third-order valence-corrected chi connectivity index (χ3v) is 5.04. The van der Waals surface area contributed by atoms with Crippen molar-refractivity contribution < 1.29 is 13.9 Å². The van der Waals surface area contributed by atoms with Crippen LogP contribution in [0.25, 0.3) is 11.1 Å². The van der Waals surface area contributed by atoms with Crippen LogP contribution in [0.15, 0.2) is 22.6 Å². The Balaban J connectivity index is 1.60. The molecular formula is C17H20N2O3. The molecule has 0 N–H and O–H groups in total. The molecule has 2 aromatic rings. The number of aromatic nitrogens is 1. The number of piperidine rings is 1. The first-order valence-corrected chi connectivity index (χ1v) is 7.83. The van der Waals surface area contributed by atoms with Crippen LogP contribution < -0.4 is 0 Å². The van der Waals surface area contributed by atoms with Gasteiger partial charge in [-0.25, -0.2) is 4.98 Å². The van der Waals surface area contributed by atoms with Crippen molar-refractivity contribution in [3.63, 3.8) is 0 Å². The van der Waals surface area contributed by atoms with Crippen molar-refractivity contribution in [2.45, 2.75) is 31.8 Å². The molecule has 0 aliphatic carbocycles. The van der Waals surface area contributed by atoms with E-state index in [1.165, 1.54) is 0 Å². The fourth-order valence-corrected chi connectivity index (χ4v) is 3.74. The normalized spacial score (nSPS) is 28.9. The first kappa shape index (κ1) is 13.9. The van der Waals surface area contributed by atoms with Crippen molar-refractivity contribution in [1.29, 1.82) is 0 Å². The molecule has 4 rings (SSSR count). The molecule has 22 heavy (non-hydrogen) atoms. The van der Waals surface area contributed by atoms with Gasteiger partial charge in [0.05, 0.1) is 13.2 Å². The minimum absolute atomic E-state index is 0.0802. The van der Waals surface area contributed by atoms with Crippen LogP contribution in [0.5, 0.6) is 0 Å². The number of Topliss-reactive ketones (excluding diaryl/α,β-unsaturated/α-hetero) is 1. The van der Waals surface area contributed by atoms with Gasteiger partial charge in [0.2, 0.25) is 0 Å². The van der Waals surface area contributed by atoms with Crippen LogP contribution in [-0.4, -0.2) is 48.0 Å². The Labute approximate surface area is 129 Å². The molecule has 2 aliphatic heterocycles. The monoisotopic (exact) mass is 300 g/mol. The van der Waals surface area contributed by atoms with Crippen molar-refractivity contribution in [1.82, 2.24) is 9.88 Å². The van der Waals surface area contributed by atoms with Gasteiger partial charge in [-0.15, -0.1) is 0 Å². The van der Waals surface area contributed by atoms with Gasteiger partial charge in [-0.1, -0.05) is 0 Å². The maximum atomic E-state index is 12.9. The second-order valence-electron chi connectivity index (χ2n) is 6.46. The summed E-state index contributed by atoms with van der Waals surface area (Å²) in [6.45, 7) is 3.29. The van der Waals surface area contributed by atoms with E-state index in [9.17, 15) is 4.79 Å². The van der Waals surface area contributed by atoms with Gasteiger partial charge < -0.3 is 9.15 Å². The van der Waals surface area contributed by atoms with Gasteiger partial charge in [-0.2, -0.15) is 0 Å². The van der Waals surface area contributed by atoms with Crippen LogP contribution in [0, 0.1) is 12.8 Å². The number of hydrogen-bond donors (Lipinski definition) is 0. The zero-order chi connectivity index (χ0) is 15.3. The van der Waals surface area contributed by atoms with E-state index in [4.69, 9.17) is 9.15 Å². The predicted molar refractivity (Wildman–Crippen MR) is 82.0 cm³/mol. The molecule has 116 valence electrons. The lowest BCUT2D eigenvalue weighted by atomic mass is 9.81. The Kier molecular flexibility index (Phi) is 3.27. The second-order valence-corrected chi connectivity index (χ2v) is 6.46. The molecule has 5 heteroatoms. The number of benzene rings is 1. The summed E-state index contributed by atoms with van der Waals surface area (Å²) in [7, 11) is 2.14. The van der Waals surface area contributed by atoms with Crippen molar-refractivity contribution in [3.8, 4) is 0 Å². The number of ketones is 1. The molecule has 0 spiro atoms. The van der Waals surface area contributed by atoms with E-state index < -0.39 is 0 Å². The van der Waals surface area contributed by atoms with Gasteiger partial charge in [0.1, 0.15) is 5.52 Å². The molecule has 5 nitrogen and oxygen atoms in total. The summed E-state index contributed by atoms with van der Waals surface area (Å²) >= 11 is 0.